The maximum Gasteiger partial charge on any atom is 0.255 e. The molecule has 2 rings (SSSR count). The number of ether oxygens (including phenoxy) is 1. The monoisotopic (exact) mass is 277 g/mol. The van der Waals surface area contributed by atoms with Crippen LogP contribution in [0.25, 0.3) is 0 Å². The Morgan fingerprint density at radius 3 is 2.95 bits per heavy atom. The van der Waals surface area contributed by atoms with Crippen LogP contribution in [0.1, 0.15) is 42.2 Å². The van der Waals surface area contributed by atoms with Crippen LogP contribution in [-0.2, 0) is 4.74 Å². The van der Waals surface area contributed by atoms with E-state index in [2.05, 4.69) is 15.6 Å². The lowest BCUT2D eigenvalue weighted by Crippen LogP contribution is -2.34. The fourth-order valence-electron chi connectivity index (χ4n) is 2.63. The summed E-state index contributed by atoms with van der Waals surface area (Å²) in [4.78, 5) is 16.6. The van der Waals surface area contributed by atoms with E-state index >= 15 is 0 Å². The molecule has 1 amide bonds. The number of carbonyl (C=O) groups excluding carboxylic acids is 1. The van der Waals surface area contributed by atoms with Crippen LogP contribution in [0.15, 0.2) is 12.3 Å². The second-order valence-electron chi connectivity index (χ2n) is 5.24. The molecule has 1 aliphatic carbocycles. The van der Waals surface area contributed by atoms with Gasteiger partial charge in [0.1, 0.15) is 0 Å². The molecule has 0 spiro atoms. The van der Waals surface area contributed by atoms with Gasteiger partial charge in [-0.2, -0.15) is 0 Å². The number of methoxy groups -OCH3 is 1. The zero-order valence-corrected chi connectivity index (χ0v) is 12.4. The summed E-state index contributed by atoms with van der Waals surface area (Å²) in [5.41, 5.74) is 2.36. The molecule has 0 bridgehead atoms. The fraction of sp³-hybridized carbons (Fsp3) is 0.600. The molecular weight excluding hydrogens is 254 g/mol. The quantitative estimate of drug-likeness (QED) is 0.865. The molecule has 1 aliphatic rings. The van der Waals surface area contributed by atoms with Gasteiger partial charge in [-0.3, -0.25) is 9.78 Å². The molecule has 2 atom stereocenters. The third-order valence-corrected chi connectivity index (χ3v) is 3.71. The molecule has 0 aliphatic heterocycles. The lowest BCUT2D eigenvalue weighted by molar-refractivity contribution is 0.0915. The number of nitrogens with zero attached hydrogens (tertiary/aromatic N) is 1. The number of anilines is 1. The molecule has 1 aromatic heterocycles. The van der Waals surface area contributed by atoms with Gasteiger partial charge in [0.15, 0.2) is 0 Å². The molecule has 2 N–H and O–H groups in total. The van der Waals surface area contributed by atoms with E-state index in [4.69, 9.17) is 4.74 Å². The van der Waals surface area contributed by atoms with Crippen molar-refractivity contribution in [3.05, 3.63) is 23.5 Å². The van der Waals surface area contributed by atoms with Gasteiger partial charge in [-0.05, 0) is 39.2 Å². The number of carbonyl (C=O) groups is 1. The topological polar surface area (TPSA) is 63.2 Å². The van der Waals surface area contributed by atoms with Gasteiger partial charge in [0, 0.05) is 31.6 Å². The van der Waals surface area contributed by atoms with E-state index < -0.39 is 0 Å². The standard InChI is InChI=1S/C15H23N3O2/c1-4-16-14-7-10(2)17-9-13(14)15(19)18-11-5-6-12(8-11)20-3/h7,9,11-12H,4-6,8H2,1-3H3,(H,16,17)(H,18,19). The second-order valence-corrected chi connectivity index (χ2v) is 5.24. The number of aromatic nitrogens is 1. The van der Waals surface area contributed by atoms with E-state index in [0.29, 0.717) is 5.56 Å². The summed E-state index contributed by atoms with van der Waals surface area (Å²) in [6, 6.07) is 2.11. The van der Waals surface area contributed by atoms with E-state index in [1.807, 2.05) is 19.9 Å². The van der Waals surface area contributed by atoms with E-state index in [9.17, 15) is 4.79 Å². The third-order valence-electron chi connectivity index (χ3n) is 3.71. The number of nitrogens with one attached hydrogen (secondary N) is 2. The number of pyridine rings is 1. The summed E-state index contributed by atoms with van der Waals surface area (Å²) in [5.74, 6) is -0.0600. The van der Waals surface area contributed by atoms with Crippen LogP contribution in [0.5, 0.6) is 0 Å². The van der Waals surface area contributed by atoms with Crippen molar-refractivity contribution in [3.8, 4) is 0 Å². The van der Waals surface area contributed by atoms with Gasteiger partial charge in [-0.25, -0.2) is 0 Å². The summed E-state index contributed by atoms with van der Waals surface area (Å²) in [5, 5.41) is 6.30. The highest BCUT2D eigenvalue weighted by Crippen LogP contribution is 2.22. The Kier molecular flexibility index (Phi) is 4.95. The number of amides is 1. The van der Waals surface area contributed by atoms with E-state index in [-0.39, 0.29) is 18.1 Å². The normalized spacial score (nSPS) is 21.8. The minimum Gasteiger partial charge on any atom is -0.385 e. The Morgan fingerprint density at radius 1 is 1.50 bits per heavy atom. The summed E-state index contributed by atoms with van der Waals surface area (Å²) in [7, 11) is 1.72. The Labute approximate surface area is 120 Å². The summed E-state index contributed by atoms with van der Waals surface area (Å²) >= 11 is 0. The summed E-state index contributed by atoms with van der Waals surface area (Å²) in [6.45, 7) is 4.71. The molecule has 2 unspecified atom stereocenters. The molecule has 5 heteroatoms. The van der Waals surface area contributed by atoms with Crippen molar-refractivity contribution in [2.45, 2.75) is 45.3 Å². The Morgan fingerprint density at radius 2 is 2.30 bits per heavy atom. The van der Waals surface area contributed by atoms with Crippen molar-refractivity contribution in [1.82, 2.24) is 10.3 Å². The van der Waals surface area contributed by atoms with Gasteiger partial charge in [-0.1, -0.05) is 0 Å². The van der Waals surface area contributed by atoms with Crippen LogP contribution < -0.4 is 10.6 Å². The van der Waals surface area contributed by atoms with E-state index in [1.54, 1.807) is 13.3 Å². The van der Waals surface area contributed by atoms with Gasteiger partial charge in [0.2, 0.25) is 0 Å². The van der Waals surface area contributed by atoms with Crippen LogP contribution in [0.2, 0.25) is 0 Å². The maximum absolute atomic E-state index is 12.4. The smallest absolute Gasteiger partial charge is 0.255 e. The van der Waals surface area contributed by atoms with E-state index in [0.717, 1.165) is 37.2 Å². The second kappa shape index (κ2) is 6.70. The molecule has 1 aromatic rings. The minimum atomic E-state index is -0.0600. The molecule has 5 nitrogen and oxygen atoms in total. The molecule has 0 radical (unpaired) electrons. The number of rotatable bonds is 5. The first-order valence-electron chi connectivity index (χ1n) is 7.18. The minimum absolute atomic E-state index is 0.0600. The molecule has 1 fully saturated rings. The molecule has 0 saturated heterocycles. The Hall–Kier alpha value is -1.62. The molecule has 0 aromatic carbocycles. The van der Waals surface area contributed by atoms with Crippen LogP contribution in [-0.4, -0.2) is 36.7 Å². The van der Waals surface area contributed by atoms with Gasteiger partial charge < -0.3 is 15.4 Å². The van der Waals surface area contributed by atoms with Crippen molar-refractivity contribution in [3.63, 3.8) is 0 Å². The Balaban J connectivity index is 2.05. The maximum atomic E-state index is 12.4. The lowest BCUT2D eigenvalue weighted by atomic mass is 10.1. The van der Waals surface area contributed by atoms with Crippen molar-refractivity contribution >= 4 is 11.6 Å². The van der Waals surface area contributed by atoms with Crippen molar-refractivity contribution in [1.29, 1.82) is 0 Å². The van der Waals surface area contributed by atoms with Crippen LogP contribution >= 0.6 is 0 Å². The molecule has 1 heterocycles. The Bertz CT molecular complexity index is 476. The predicted octanol–water partition coefficient (Wildman–Crippen LogP) is 2.12. The van der Waals surface area contributed by atoms with E-state index in [1.165, 1.54) is 0 Å². The van der Waals surface area contributed by atoms with Crippen LogP contribution in [0, 0.1) is 6.92 Å². The van der Waals surface area contributed by atoms with Crippen molar-refractivity contribution in [2.24, 2.45) is 0 Å². The van der Waals surface area contributed by atoms with Gasteiger partial charge >= 0.3 is 0 Å². The summed E-state index contributed by atoms with van der Waals surface area (Å²) < 4.78 is 5.33. The van der Waals surface area contributed by atoms with Gasteiger partial charge in [-0.15, -0.1) is 0 Å². The molecule has 1 saturated carbocycles. The highest BCUT2D eigenvalue weighted by molar-refractivity contribution is 5.99. The fourth-order valence-corrected chi connectivity index (χ4v) is 2.63. The molecular formula is C15H23N3O2. The van der Waals surface area contributed by atoms with Crippen molar-refractivity contribution in [2.75, 3.05) is 19.0 Å². The SMILES string of the molecule is CCNc1cc(C)ncc1C(=O)NC1CCC(OC)C1. The molecule has 20 heavy (non-hydrogen) atoms. The van der Waals surface area contributed by atoms with Crippen LogP contribution in [0.3, 0.4) is 0 Å². The highest BCUT2D eigenvalue weighted by atomic mass is 16.5. The number of hydrogen-bond acceptors (Lipinski definition) is 4. The first-order valence-corrected chi connectivity index (χ1v) is 7.18. The van der Waals surface area contributed by atoms with Crippen molar-refractivity contribution < 1.29 is 9.53 Å². The predicted molar refractivity (Wildman–Crippen MR) is 79.0 cm³/mol. The average molecular weight is 277 g/mol. The van der Waals surface area contributed by atoms with Gasteiger partial charge in [0.05, 0.1) is 17.4 Å². The first-order chi connectivity index (χ1) is 9.63. The third kappa shape index (κ3) is 3.48. The van der Waals surface area contributed by atoms with Gasteiger partial charge in [0.25, 0.3) is 5.91 Å². The number of aryl methyl sites for hydroxylation is 1. The lowest BCUT2D eigenvalue weighted by Gasteiger charge is -2.15. The summed E-state index contributed by atoms with van der Waals surface area (Å²) in [6.07, 6.45) is 4.78. The average Bonchev–Trinajstić information content (AvgIpc) is 2.87. The zero-order chi connectivity index (χ0) is 14.5. The largest absolute Gasteiger partial charge is 0.385 e. The number of hydrogen-bond donors (Lipinski definition) is 2. The zero-order valence-electron chi connectivity index (χ0n) is 12.4. The highest BCUT2D eigenvalue weighted by Gasteiger charge is 2.26. The van der Waals surface area contributed by atoms with Crippen LogP contribution in [0.4, 0.5) is 5.69 Å². The first kappa shape index (κ1) is 14.8. The molecule has 110 valence electrons.